The lowest BCUT2D eigenvalue weighted by molar-refractivity contribution is -0.139. The summed E-state index contributed by atoms with van der Waals surface area (Å²) in [6, 6.07) is 5.29. The van der Waals surface area contributed by atoms with Crippen LogP contribution in [-0.2, 0) is 26.0 Å². The van der Waals surface area contributed by atoms with Crippen molar-refractivity contribution in [3.05, 3.63) is 30.1 Å². The maximum Gasteiger partial charge on any atom is 0.306 e. The number of pyridine rings is 1. The van der Waals surface area contributed by atoms with Gasteiger partial charge in [0.25, 0.3) is 0 Å². The van der Waals surface area contributed by atoms with Crippen LogP contribution in [0, 0.1) is 0 Å². The molecule has 0 radical (unpaired) electrons. The van der Waals surface area contributed by atoms with Gasteiger partial charge in [-0.25, -0.2) is 13.1 Å². The van der Waals surface area contributed by atoms with Crippen LogP contribution in [0.3, 0.4) is 0 Å². The van der Waals surface area contributed by atoms with Gasteiger partial charge in [0, 0.05) is 32.0 Å². The summed E-state index contributed by atoms with van der Waals surface area (Å²) in [5.74, 6) is -1.14. The topological polar surface area (TPSA) is 106 Å². The molecule has 1 rings (SSSR count). The minimum absolute atomic E-state index is 0.0622. The van der Waals surface area contributed by atoms with E-state index in [9.17, 15) is 13.2 Å². The van der Waals surface area contributed by atoms with Crippen LogP contribution in [0.4, 0.5) is 0 Å². The van der Waals surface area contributed by atoms with Crippen molar-refractivity contribution in [2.45, 2.75) is 18.9 Å². The number of carboxylic acid groups (broad SMARTS) is 1. The standard InChI is InChI=1S/C12H18N2O5S/c1-19-11(8-12(15)16)9-14-20(17,18)7-5-10-4-2-3-6-13-10/h2-4,6,11,14H,5,7-9H2,1H3,(H,15,16). The van der Waals surface area contributed by atoms with Gasteiger partial charge < -0.3 is 9.84 Å². The van der Waals surface area contributed by atoms with E-state index in [1.165, 1.54) is 7.11 Å². The number of hydrogen-bond acceptors (Lipinski definition) is 5. The lowest BCUT2D eigenvalue weighted by Gasteiger charge is -2.14. The van der Waals surface area contributed by atoms with E-state index in [4.69, 9.17) is 9.84 Å². The Morgan fingerprint density at radius 3 is 2.80 bits per heavy atom. The fourth-order valence-electron chi connectivity index (χ4n) is 1.51. The van der Waals surface area contributed by atoms with Gasteiger partial charge in [-0.1, -0.05) is 6.07 Å². The first-order valence-corrected chi connectivity index (χ1v) is 7.70. The Morgan fingerprint density at radius 1 is 1.50 bits per heavy atom. The van der Waals surface area contributed by atoms with E-state index < -0.39 is 22.1 Å². The van der Waals surface area contributed by atoms with E-state index in [2.05, 4.69) is 9.71 Å². The average Bonchev–Trinajstić information content (AvgIpc) is 2.42. The third-order valence-corrected chi connectivity index (χ3v) is 3.97. The Balaban J connectivity index is 2.43. The zero-order valence-corrected chi connectivity index (χ0v) is 12.0. The molecule has 0 bridgehead atoms. The van der Waals surface area contributed by atoms with Crippen LogP contribution in [-0.4, -0.2) is 50.0 Å². The lowest BCUT2D eigenvalue weighted by atomic mass is 10.2. The molecule has 0 aliphatic rings. The number of hydrogen-bond donors (Lipinski definition) is 2. The van der Waals surface area contributed by atoms with E-state index in [1.54, 1.807) is 24.4 Å². The van der Waals surface area contributed by atoms with Gasteiger partial charge in [-0.05, 0) is 12.1 Å². The highest BCUT2D eigenvalue weighted by atomic mass is 32.2. The Bertz CT molecular complexity index is 518. The molecule has 0 fully saturated rings. The summed E-state index contributed by atoms with van der Waals surface area (Å²) in [6.07, 6.45) is 0.965. The van der Waals surface area contributed by atoms with E-state index in [0.717, 1.165) is 0 Å². The highest BCUT2D eigenvalue weighted by Crippen LogP contribution is 2.00. The predicted octanol–water partition coefficient (Wildman–Crippen LogP) is 0.0332. The maximum atomic E-state index is 11.8. The van der Waals surface area contributed by atoms with Crippen LogP contribution < -0.4 is 4.72 Å². The molecule has 1 aromatic rings. The number of aromatic nitrogens is 1. The zero-order valence-electron chi connectivity index (χ0n) is 11.2. The molecule has 0 aromatic carbocycles. The second-order valence-electron chi connectivity index (χ2n) is 4.19. The smallest absolute Gasteiger partial charge is 0.306 e. The van der Waals surface area contributed by atoms with Gasteiger partial charge in [-0.2, -0.15) is 0 Å². The van der Waals surface area contributed by atoms with Crippen LogP contribution in [0.25, 0.3) is 0 Å². The minimum atomic E-state index is -3.48. The van der Waals surface area contributed by atoms with Crippen molar-refractivity contribution >= 4 is 16.0 Å². The second-order valence-corrected chi connectivity index (χ2v) is 6.12. The molecule has 7 nitrogen and oxygen atoms in total. The quantitative estimate of drug-likeness (QED) is 0.667. The molecule has 112 valence electrons. The van der Waals surface area contributed by atoms with Crippen molar-refractivity contribution in [1.29, 1.82) is 0 Å². The Labute approximate surface area is 118 Å². The average molecular weight is 302 g/mol. The molecule has 1 unspecified atom stereocenters. The third kappa shape index (κ3) is 6.60. The number of nitrogens with zero attached hydrogens (tertiary/aromatic N) is 1. The van der Waals surface area contributed by atoms with Gasteiger partial charge in [0.1, 0.15) is 0 Å². The fourth-order valence-corrected chi connectivity index (χ4v) is 2.57. The first kappa shape index (κ1) is 16.5. The summed E-state index contributed by atoms with van der Waals surface area (Å²) in [6.45, 7) is -0.0622. The first-order valence-electron chi connectivity index (χ1n) is 6.05. The molecule has 20 heavy (non-hydrogen) atoms. The summed E-state index contributed by atoms with van der Waals surface area (Å²) in [5.41, 5.74) is 0.687. The molecule has 0 amide bonds. The molecular formula is C12H18N2O5S. The molecular weight excluding hydrogens is 284 g/mol. The number of aryl methyl sites for hydroxylation is 1. The molecule has 1 aromatic heterocycles. The van der Waals surface area contributed by atoms with Gasteiger partial charge in [0.2, 0.25) is 10.0 Å². The van der Waals surface area contributed by atoms with Gasteiger partial charge in [0.05, 0.1) is 18.3 Å². The fraction of sp³-hybridized carbons (Fsp3) is 0.500. The molecule has 1 heterocycles. The summed E-state index contributed by atoms with van der Waals surface area (Å²) < 4.78 is 30.8. The Kier molecular flexibility index (Phi) is 6.56. The van der Waals surface area contributed by atoms with E-state index in [0.29, 0.717) is 12.1 Å². The number of carboxylic acids is 1. The molecule has 1 atom stereocenters. The highest BCUT2D eigenvalue weighted by Gasteiger charge is 2.17. The zero-order chi connectivity index (χ0) is 15.0. The molecule has 0 aliphatic heterocycles. The van der Waals surface area contributed by atoms with Gasteiger partial charge >= 0.3 is 5.97 Å². The molecule has 0 saturated carbocycles. The Morgan fingerprint density at radius 2 is 2.25 bits per heavy atom. The predicted molar refractivity (Wildman–Crippen MR) is 72.8 cm³/mol. The first-order chi connectivity index (χ1) is 9.43. The van der Waals surface area contributed by atoms with E-state index >= 15 is 0 Å². The summed E-state index contributed by atoms with van der Waals surface area (Å²) in [7, 11) is -2.14. The Hall–Kier alpha value is -1.51. The van der Waals surface area contributed by atoms with Crippen molar-refractivity contribution in [1.82, 2.24) is 9.71 Å². The number of carbonyl (C=O) groups is 1. The number of ether oxygens (including phenoxy) is 1. The van der Waals surface area contributed by atoms with Crippen molar-refractivity contribution in [2.75, 3.05) is 19.4 Å². The van der Waals surface area contributed by atoms with Crippen LogP contribution in [0.1, 0.15) is 12.1 Å². The number of aliphatic carboxylic acids is 1. The molecule has 0 saturated heterocycles. The SMILES string of the molecule is COC(CNS(=O)(=O)CCc1ccccn1)CC(=O)O. The highest BCUT2D eigenvalue weighted by molar-refractivity contribution is 7.89. The summed E-state index contributed by atoms with van der Waals surface area (Å²) >= 11 is 0. The van der Waals surface area contributed by atoms with E-state index in [-0.39, 0.29) is 18.7 Å². The largest absolute Gasteiger partial charge is 0.481 e. The van der Waals surface area contributed by atoms with Crippen LogP contribution >= 0.6 is 0 Å². The molecule has 0 spiro atoms. The monoisotopic (exact) mass is 302 g/mol. The van der Waals surface area contributed by atoms with Crippen molar-refractivity contribution in [3.63, 3.8) is 0 Å². The van der Waals surface area contributed by atoms with Gasteiger partial charge in [-0.15, -0.1) is 0 Å². The lowest BCUT2D eigenvalue weighted by Crippen LogP contribution is -2.36. The number of nitrogens with one attached hydrogen (secondary N) is 1. The van der Waals surface area contributed by atoms with Crippen LogP contribution in [0.5, 0.6) is 0 Å². The summed E-state index contributed by atoms with van der Waals surface area (Å²) in [5, 5.41) is 8.63. The van der Waals surface area contributed by atoms with Crippen molar-refractivity contribution < 1.29 is 23.1 Å². The third-order valence-electron chi connectivity index (χ3n) is 2.62. The van der Waals surface area contributed by atoms with Gasteiger partial charge in [0.15, 0.2) is 0 Å². The van der Waals surface area contributed by atoms with Crippen molar-refractivity contribution in [2.24, 2.45) is 0 Å². The molecule has 2 N–H and O–H groups in total. The molecule has 8 heteroatoms. The van der Waals surface area contributed by atoms with Crippen molar-refractivity contribution in [3.8, 4) is 0 Å². The molecule has 0 aliphatic carbocycles. The minimum Gasteiger partial charge on any atom is -0.481 e. The van der Waals surface area contributed by atoms with Crippen LogP contribution in [0.15, 0.2) is 24.4 Å². The normalized spacial score (nSPS) is 13.1. The number of rotatable bonds is 9. The van der Waals surface area contributed by atoms with Crippen LogP contribution in [0.2, 0.25) is 0 Å². The maximum absolute atomic E-state index is 11.8. The number of methoxy groups -OCH3 is 1. The second kappa shape index (κ2) is 7.93. The van der Waals surface area contributed by atoms with E-state index in [1.807, 2.05) is 0 Å². The number of sulfonamides is 1. The van der Waals surface area contributed by atoms with Gasteiger partial charge in [-0.3, -0.25) is 9.78 Å². The summed E-state index contributed by atoms with van der Waals surface area (Å²) in [4.78, 5) is 14.6.